The molecule has 2 aromatic carbocycles. The highest BCUT2D eigenvalue weighted by Crippen LogP contribution is 2.40. The fraction of sp³-hybridized carbons (Fsp3) is 0.348. The van der Waals surface area contributed by atoms with Gasteiger partial charge in [0.2, 0.25) is 5.91 Å². The van der Waals surface area contributed by atoms with Gasteiger partial charge in [0, 0.05) is 49.4 Å². The maximum atomic E-state index is 13.0. The summed E-state index contributed by atoms with van der Waals surface area (Å²) in [5, 5.41) is 0.497. The summed E-state index contributed by atoms with van der Waals surface area (Å²) in [6.07, 6.45) is 1.56. The van der Waals surface area contributed by atoms with Gasteiger partial charge in [-0.05, 0) is 42.5 Å². The number of likely N-dealkylation sites (tertiary alicyclic amines) is 1. The van der Waals surface area contributed by atoms with Crippen LogP contribution in [0.4, 0.5) is 4.39 Å². The Morgan fingerprint density at radius 2 is 1.77 bits per heavy atom. The van der Waals surface area contributed by atoms with Gasteiger partial charge in [0.25, 0.3) is 0 Å². The average molecular weight is 430 g/mol. The number of Topliss-reactive ketones (excluding diaryl/α,β-unsaturated/α-hetero) is 2. The highest BCUT2D eigenvalue weighted by atomic mass is 35.5. The van der Waals surface area contributed by atoms with E-state index in [1.807, 2.05) is 0 Å². The lowest BCUT2D eigenvalue weighted by Gasteiger charge is -2.44. The second-order valence-corrected chi connectivity index (χ2v) is 8.27. The maximum Gasteiger partial charge on any atom is 0.223 e. The van der Waals surface area contributed by atoms with E-state index in [0.717, 1.165) is 0 Å². The number of hydrogen-bond acceptors (Lipinski definition) is 4. The quantitative estimate of drug-likeness (QED) is 0.673. The van der Waals surface area contributed by atoms with Gasteiger partial charge in [-0.3, -0.25) is 14.4 Å². The van der Waals surface area contributed by atoms with Crippen LogP contribution >= 0.6 is 11.6 Å². The van der Waals surface area contributed by atoms with Crippen LogP contribution in [0.1, 0.15) is 52.8 Å². The molecule has 4 rings (SSSR count). The highest BCUT2D eigenvalue weighted by Gasteiger charge is 2.43. The third-order valence-electron chi connectivity index (χ3n) is 5.81. The number of rotatable bonds is 4. The smallest absolute Gasteiger partial charge is 0.223 e. The zero-order valence-electron chi connectivity index (χ0n) is 16.3. The Balaban J connectivity index is 1.32. The van der Waals surface area contributed by atoms with Crippen LogP contribution in [0.15, 0.2) is 42.5 Å². The third-order valence-corrected chi connectivity index (χ3v) is 6.05. The predicted molar refractivity (Wildman–Crippen MR) is 110 cm³/mol. The number of hydrogen-bond donors (Lipinski definition) is 0. The number of amides is 1. The van der Waals surface area contributed by atoms with Gasteiger partial charge in [0.05, 0.1) is 12.0 Å². The van der Waals surface area contributed by atoms with Crippen molar-refractivity contribution in [2.45, 2.75) is 37.7 Å². The molecular formula is C23H21ClFNO4. The van der Waals surface area contributed by atoms with E-state index in [-0.39, 0.29) is 36.7 Å². The molecule has 30 heavy (non-hydrogen) atoms. The molecule has 1 saturated heterocycles. The highest BCUT2D eigenvalue weighted by molar-refractivity contribution is 6.31. The molecule has 2 heterocycles. The third kappa shape index (κ3) is 4.24. The van der Waals surface area contributed by atoms with Crippen molar-refractivity contribution in [2.24, 2.45) is 0 Å². The van der Waals surface area contributed by atoms with Crippen LogP contribution in [0.3, 0.4) is 0 Å². The number of carbonyl (C=O) groups excluding carboxylic acids is 3. The summed E-state index contributed by atoms with van der Waals surface area (Å²) in [7, 11) is 0. The van der Waals surface area contributed by atoms with Gasteiger partial charge in [-0.1, -0.05) is 11.6 Å². The van der Waals surface area contributed by atoms with E-state index in [1.54, 1.807) is 23.1 Å². The van der Waals surface area contributed by atoms with Crippen LogP contribution in [0.25, 0.3) is 0 Å². The first-order valence-electron chi connectivity index (χ1n) is 9.94. The molecule has 1 spiro atoms. The van der Waals surface area contributed by atoms with Crippen molar-refractivity contribution in [3.05, 3.63) is 64.4 Å². The summed E-state index contributed by atoms with van der Waals surface area (Å²) < 4.78 is 19.2. The number of ketones is 2. The van der Waals surface area contributed by atoms with Gasteiger partial charge in [0.1, 0.15) is 17.2 Å². The van der Waals surface area contributed by atoms with Gasteiger partial charge in [-0.2, -0.15) is 0 Å². The molecule has 0 aliphatic carbocycles. The van der Waals surface area contributed by atoms with E-state index in [4.69, 9.17) is 16.3 Å². The van der Waals surface area contributed by atoms with Crippen molar-refractivity contribution in [3.8, 4) is 5.75 Å². The standard InChI is InChI=1S/C23H21ClFNO4/c24-16-3-7-21-18(13-16)20(28)14-23(30-21)9-11-26(12-10-23)22(29)8-6-19(27)15-1-4-17(25)5-2-15/h1-5,7,13H,6,8-12,14H2. The Hall–Kier alpha value is -2.73. The minimum Gasteiger partial charge on any atom is -0.486 e. The Labute approximate surface area is 178 Å². The molecule has 0 bridgehead atoms. The summed E-state index contributed by atoms with van der Waals surface area (Å²) in [6.45, 7) is 0.944. The van der Waals surface area contributed by atoms with E-state index >= 15 is 0 Å². The van der Waals surface area contributed by atoms with Crippen LogP contribution in [0, 0.1) is 5.82 Å². The molecule has 7 heteroatoms. The number of carbonyl (C=O) groups is 3. The number of fused-ring (bicyclic) bond motifs is 1. The van der Waals surface area contributed by atoms with Crippen molar-refractivity contribution in [3.63, 3.8) is 0 Å². The lowest BCUT2D eigenvalue weighted by Crippen LogP contribution is -2.52. The normalized spacial score (nSPS) is 17.4. The van der Waals surface area contributed by atoms with Crippen molar-refractivity contribution in [1.82, 2.24) is 4.90 Å². The minimum absolute atomic E-state index is 0.00317. The molecule has 0 radical (unpaired) electrons. The fourth-order valence-electron chi connectivity index (χ4n) is 4.07. The fourth-order valence-corrected chi connectivity index (χ4v) is 4.24. The molecule has 0 N–H and O–H groups in total. The molecule has 2 aliphatic rings. The molecule has 156 valence electrons. The number of halogens is 2. The summed E-state index contributed by atoms with van der Waals surface area (Å²) in [5.74, 6) is -0.148. The predicted octanol–water partition coefficient (Wildman–Crippen LogP) is 4.47. The van der Waals surface area contributed by atoms with Crippen LogP contribution < -0.4 is 4.74 Å². The maximum absolute atomic E-state index is 13.0. The van der Waals surface area contributed by atoms with Crippen LogP contribution in [-0.4, -0.2) is 41.1 Å². The van der Waals surface area contributed by atoms with Gasteiger partial charge in [0.15, 0.2) is 11.6 Å². The Kier molecular flexibility index (Phi) is 5.60. The van der Waals surface area contributed by atoms with Gasteiger partial charge < -0.3 is 9.64 Å². The molecule has 0 aromatic heterocycles. The molecule has 1 fully saturated rings. The Morgan fingerprint density at radius 3 is 2.47 bits per heavy atom. The SMILES string of the molecule is O=C(CCC(=O)N1CCC2(CC1)CC(=O)c1cc(Cl)ccc1O2)c1ccc(F)cc1. The lowest BCUT2D eigenvalue weighted by atomic mass is 9.82. The van der Waals surface area contributed by atoms with Crippen LogP contribution in [-0.2, 0) is 4.79 Å². The van der Waals surface area contributed by atoms with Gasteiger partial charge >= 0.3 is 0 Å². The summed E-state index contributed by atoms with van der Waals surface area (Å²) in [5.41, 5.74) is 0.305. The number of piperidine rings is 1. The summed E-state index contributed by atoms with van der Waals surface area (Å²) >= 11 is 5.98. The average Bonchev–Trinajstić information content (AvgIpc) is 2.73. The number of benzene rings is 2. The van der Waals surface area contributed by atoms with Crippen LogP contribution in [0.5, 0.6) is 5.75 Å². The van der Waals surface area contributed by atoms with Crippen molar-refractivity contribution in [1.29, 1.82) is 0 Å². The second-order valence-electron chi connectivity index (χ2n) is 7.84. The minimum atomic E-state index is -0.599. The first kappa shape index (κ1) is 20.5. The Bertz CT molecular complexity index is 997. The van der Waals surface area contributed by atoms with Crippen molar-refractivity contribution >= 4 is 29.1 Å². The first-order chi connectivity index (χ1) is 14.3. The second kappa shape index (κ2) is 8.19. The molecule has 2 aliphatic heterocycles. The van der Waals surface area contributed by atoms with Crippen molar-refractivity contribution < 1.29 is 23.5 Å². The molecule has 0 unspecified atom stereocenters. The zero-order valence-corrected chi connectivity index (χ0v) is 17.1. The molecule has 0 saturated carbocycles. The molecule has 5 nitrogen and oxygen atoms in total. The van der Waals surface area contributed by atoms with Crippen LogP contribution in [0.2, 0.25) is 5.02 Å². The van der Waals surface area contributed by atoms with Gasteiger partial charge in [-0.15, -0.1) is 0 Å². The largest absolute Gasteiger partial charge is 0.486 e. The molecule has 1 amide bonds. The zero-order chi connectivity index (χ0) is 21.3. The van der Waals surface area contributed by atoms with E-state index in [0.29, 0.717) is 47.8 Å². The summed E-state index contributed by atoms with van der Waals surface area (Å²) in [6, 6.07) is 10.4. The lowest BCUT2D eigenvalue weighted by molar-refractivity contribution is -0.134. The van der Waals surface area contributed by atoms with Crippen molar-refractivity contribution in [2.75, 3.05) is 13.1 Å². The Morgan fingerprint density at radius 1 is 1.07 bits per heavy atom. The number of ether oxygens (including phenoxy) is 1. The summed E-state index contributed by atoms with van der Waals surface area (Å²) in [4.78, 5) is 39.0. The molecular weight excluding hydrogens is 409 g/mol. The molecule has 0 atom stereocenters. The monoisotopic (exact) mass is 429 g/mol. The van der Waals surface area contributed by atoms with E-state index in [2.05, 4.69) is 0 Å². The van der Waals surface area contributed by atoms with E-state index in [9.17, 15) is 18.8 Å². The number of nitrogens with zero attached hydrogens (tertiary/aromatic N) is 1. The topological polar surface area (TPSA) is 63.7 Å². The van der Waals surface area contributed by atoms with E-state index < -0.39 is 11.4 Å². The van der Waals surface area contributed by atoms with E-state index in [1.165, 1.54) is 24.3 Å². The molecule has 2 aromatic rings. The van der Waals surface area contributed by atoms with Gasteiger partial charge in [-0.25, -0.2) is 4.39 Å². The first-order valence-corrected chi connectivity index (χ1v) is 10.3.